The molecule has 2 aromatic rings. The Kier molecular flexibility index (Phi) is 2.73. The molecule has 15 heavy (non-hydrogen) atoms. The maximum atomic E-state index is 5.48. The minimum Gasteiger partial charge on any atom is -0.331 e. The number of imidazole rings is 1. The topological polar surface area (TPSA) is 69.6 Å². The van der Waals surface area contributed by atoms with Crippen molar-refractivity contribution in [2.45, 2.75) is 6.42 Å². The van der Waals surface area contributed by atoms with Gasteiger partial charge in [-0.05, 0) is 12.6 Å². The molecule has 2 rings (SSSR count). The van der Waals surface area contributed by atoms with Gasteiger partial charge in [-0.25, -0.2) is 15.0 Å². The monoisotopic (exact) mass is 203 g/mol. The van der Waals surface area contributed by atoms with Crippen molar-refractivity contribution in [3.63, 3.8) is 0 Å². The van der Waals surface area contributed by atoms with E-state index in [0.717, 1.165) is 17.9 Å². The minimum atomic E-state index is 0.594. The van der Waals surface area contributed by atoms with Gasteiger partial charge in [-0.1, -0.05) is 0 Å². The average molecular weight is 203 g/mol. The Labute approximate surface area is 88.0 Å². The first kappa shape index (κ1) is 9.79. The fourth-order valence-electron chi connectivity index (χ4n) is 1.37. The van der Waals surface area contributed by atoms with E-state index >= 15 is 0 Å². The van der Waals surface area contributed by atoms with Crippen LogP contribution in [0.2, 0.25) is 0 Å². The van der Waals surface area contributed by atoms with Gasteiger partial charge < -0.3 is 10.3 Å². The summed E-state index contributed by atoms with van der Waals surface area (Å²) in [6.45, 7) is 0.594. The first-order chi connectivity index (χ1) is 7.31. The van der Waals surface area contributed by atoms with Gasteiger partial charge in [-0.15, -0.1) is 0 Å². The Morgan fingerprint density at radius 1 is 1.33 bits per heavy atom. The van der Waals surface area contributed by atoms with Gasteiger partial charge in [0.1, 0.15) is 0 Å². The van der Waals surface area contributed by atoms with Gasteiger partial charge in [-0.2, -0.15) is 0 Å². The van der Waals surface area contributed by atoms with Gasteiger partial charge >= 0.3 is 0 Å². The summed E-state index contributed by atoms with van der Waals surface area (Å²) in [5.74, 6) is 1.42. The molecule has 5 heteroatoms. The number of nitrogens with zero attached hydrogens (tertiary/aromatic N) is 4. The summed E-state index contributed by atoms with van der Waals surface area (Å²) in [5, 5.41) is 0. The van der Waals surface area contributed by atoms with E-state index in [1.807, 2.05) is 23.9 Å². The summed E-state index contributed by atoms with van der Waals surface area (Å²) in [6.07, 6.45) is 6.10. The second-order valence-corrected chi connectivity index (χ2v) is 3.27. The van der Waals surface area contributed by atoms with Crippen molar-refractivity contribution in [1.82, 2.24) is 19.5 Å². The quantitative estimate of drug-likeness (QED) is 0.782. The van der Waals surface area contributed by atoms with Crippen molar-refractivity contribution < 1.29 is 0 Å². The zero-order valence-electron chi connectivity index (χ0n) is 8.59. The van der Waals surface area contributed by atoms with Crippen LogP contribution in [0, 0.1) is 0 Å². The highest BCUT2D eigenvalue weighted by Crippen LogP contribution is 2.10. The summed E-state index contributed by atoms with van der Waals surface area (Å²) in [6, 6.07) is 1.87. The van der Waals surface area contributed by atoms with Crippen LogP contribution < -0.4 is 5.73 Å². The smallest absolute Gasteiger partial charge is 0.196 e. The van der Waals surface area contributed by atoms with E-state index in [4.69, 9.17) is 5.73 Å². The van der Waals surface area contributed by atoms with E-state index in [1.54, 1.807) is 12.4 Å². The van der Waals surface area contributed by atoms with Crippen LogP contribution in [0.4, 0.5) is 0 Å². The van der Waals surface area contributed by atoms with Crippen molar-refractivity contribution in [1.29, 1.82) is 0 Å². The van der Waals surface area contributed by atoms with E-state index in [9.17, 15) is 0 Å². The predicted molar refractivity (Wildman–Crippen MR) is 57.0 cm³/mol. The lowest BCUT2D eigenvalue weighted by Gasteiger charge is -2.02. The van der Waals surface area contributed by atoms with E-state index in [1.165, 1.54) is 0 Å². The maximum absolute atomic E-state index is 5.48. The van der Waals surface area contributed by atoms with Crippen LogP contribution in [-0.4, -0.2) is 26.1 Å². The molecule has 0 bridgehead atoms. The lowest BCUT2D eigenvalue weighted by atomic mass is 10.3. The summed E-state index contributed by atoms with van der Waals surface area (Å²) in [5.41, 5.74) is 6.43. The Morgan fingerprint density at radius 3 is 2.87 bits per heavy atom. The van der Waals surface area contributed by atoms with Gasteiger partial charge in [-0.3, -0.25) is 0 Å². The third kappa shape index (κ3) is 2.02. The van der Waals surface area contributed by atoms with Gasteiger partial charge in [0.05, 0.1) is 0 Å². The van der Waals surface area contributed by atoms with Crippen LogP contribution in [-0.2, 0) is 13.5 Å². The number of hydrogen-bond donors (Lipinski definition) is 1. The molecule has 0 aliphatic heterocycles. The second-order valence-electron chi connectivity index (χ2n) is 3.27. The summed E-state index contributed by atoms with van der Waals surface area (Å²) in [4.78, 5) is 12.8. The molecular formula is C10H13N5. The number of aromatic nitrogens is 4. The highest BCUT2D eigenvalue weighted by Gasteiger charge is 2.06. The van der Waals surface area contributed by atoms with Crippen LogP contribution in [0.15, 0.2) is 24.7 Å². The summed E-state index contributed by atoms with van der Waals surface area (Å²) >= 11 is 0. The van der Waals surface area contributed by atoms with Crippen LogP contribution in [0.3, 0.4) is 0 Å². The van der Waals surface area contributed by atoms with Crippen LogP contribution >= 0.6 is 0 Å². The molecule has 5 nitrogen and oxygen atoms in total. The molecule has 0 aromatic carbocycles. The highest BCUT2D eigenvalue weighted by atomic mass is 15.1. The van der Waals surface area contributed by atoms with Crippen LogP contribution in [0.1, 0.15) is 5.69 Å². The van der Waals surface area contributed by atoms with E-state index in [0.29, 0.717) is 12.4 Å². The zero-order chi connectivity index (χ0) is 10.7. The standard InChI is InChI=1S/C10H13N5/c1-15-7-6-13-10(15)9-12-5-3-8(14-9)2-4-11/h3,5-7H,2,4,11H2,1H3. The SMILES string of the molecule is Cn1ccnc1-c1nccc(CCN)n1. The molecule has 0 aliphatic carbocycles. The average Bonchev–Trinajstić information content (AvgIpc) is 2.65. The second kappa shape index (κ2) is 4.18. The molecular weight excluding hydrogens is 190 g/mol. The summed E-state index contributed by atoms with van der Waals surface area (Å²) in [7, 11) is 1.92. The third-order valence-corrected chi connectivity index (χ3v) is 2.13. The fraction of sp³-hybridized carbons (Fsp3) is 0.300. The first-order valence-corrected chi connectivity index (χ1v) is 4.81. The Balaban J connectivity index is 2.37. The molecule has 0 aliphatic rings. The zero-order valence-corrected chi connectivity index (χ0v) is 8.59. The van der Waals surface area contributed by atoms with Gasteiger partial charge in [0.25, 0.3) is 0 Å². The Bertz CT molecular complexity index is 449. The lowest BCUT2D eigenvalue weighted by molar-refractivity contribution is 0.878. The molecule has 0 radical (unpaired) electrons. The maximum Gasteiger partial charge on any atom is 0.196 e. The van der Waals surface area contributed by atoms with Gasteiger partial charge in [0.2, 0.25) is 0 Å². The number of hydrogen-bond acceptors (Lipinski definition) is 4. The molecule has 2 N–H and O–H groups in total. The normalized spacial score (nSPS) is 10.5. The molecule has 2 heterocycles. The number of aryl methyl sites for hydroxylation is 1. The Hall–Kier alpha value is -1.75. The first-order valence-electron chi connectivity index (χ1n) is 4.81. The molecule has 2 aromatic heterocycles. The molecule has 0 unspecified atom stereocenters. The van der Waals surface area contributed by atoms with E-state index in [2.05, 4.69) is 15.0 Å². The third-order valence-electron chi connectivity index (χ3n) is 2.13. The predicted octanol–water partition coefficient (Wildman–Crippen LogP) is 0.378. The van der Waals surface area contributed by atoms with Crippen molar-refractivity contribution in [3.05, 3.63) is 30.4 Å². The van der Waals surface area contributed by atoms with Crippen LogP contribution in [0.5, 0.6) is 0 Å². The van der Waals surface area contributed by atoms with Crippen molar-refractivity contribution in [2.75, 3.05) is 6.54 Å². The fourth-order valence-corrected chi connectivity index (χ4v) is 1.37. The highest BCUT2D eigenvalue weighted by molar-refractivity contribution is 5.43. The Morgan fingerprint density at radius 2 is 2.20 bits per heavy atom. The molecule has 0 amide bonds. The van der Waals surface area contributed by atoms with Gasteiger partial charge in [0, 0.05) is 37.8 Å². The molecule has 0 spiro atoms. The summed E-state index contributed by atoms with van der Waals surface area (Å²) < 4.78 is 1.89. The van der Waals surface area contributed by atoms with Gasteiger partial charge in [0.15, 0.2) is 11.6 Å². The van der Waals surface area contributed by atoms with E-state index in [-0.39, 0.29) is 0 Å². The molecule has 0 fully saturated rings. The van der Waals surface area contributed by atoms with Crippen molar-refractivity contribution >= 4 is 0 Å². The van der Waals surface area contributed by atoms with Crippen LogP contribution in [0.25, 0.3) is 11.6 Å². The molecule has 78 valence electrons. The molecule has 0 saturated carbocycles. The number of nitrogens with two attached hydrogens (primary N) is 1. The molecule has 0 saturated heterocycles. The largest absolute Gasteiger partial charge is 0.331 e. The molecule has 0 atom stereocenters. The number of rotatable bonds is 3. The lowest BCUT2D eigenvalue weighted by Crippen LogP contribution is -2.06. The van der Waals surface area contributed by atoms with E-state index < -0.39 is 0 Å². The van der Waals surface area contributed by atoms with Crippen molar-refractivity contribution in [2.24, 2.45) is 12.8 Å². The minimum absolute atomic E-state index is 0.594. The van der Waals surface area contributed by atoms with Crippen molar-refractivity contribution in [3.8, 4) is 11.6 Å².